The molecule has 15 heteroatoms. The van der Waals surface area contributed by atoms with Gasteiger partial charge < -0.3 is 15.3 Å². The predicted molar refractivity (Wildman–Crippen MR) is 99.1 cm³/mol. The van der Waals surface area contributed by atoms with Gasteiger partial charge in [0.15, 0.2) is 11.6 Å². The SMILES string of the molecule is CC(NS(=O)(=O)NNc1cn(C)c(C(=O)Nc2ccc(F)c(F)c2)c1Cl)C(F)(F)F. The number of hydrogen-bond donors (Lipinski definition) is 4. The third-order valence-electron chi connectivity index (χ3n) is 3.66. The number of carbonyl (C=O) groups is 1. The minimum atomic E-state index is -4.80. The van der Waals surface area contributed by atoms with E-state index in [2.05, 4.69) is 10.7 Å². The fourth-order valence-electron chi connectivity index (χ4n) is 2.16. The molecule has 4 N–H and O–H groups in total. The standard InChI is InChI=1S/C15H15ClF5N5O3S/c1-7(15(19,20)21)24-30(28,29)25-23-11-6-26(2)13(12(11)16)14(27)22-8-3-4-9(17)10(18)5-8/h3-7,23-25H,1-2H3,(H,22,27). The van der Waals surface area contributed by atoms with Gasteiger partial charge in [0.05, 0.1) is 10.7 Å². The third-order valence-corrected chi connectivity index (χ3v) is 5.07. The Kier molecular flexibility index (Phi) is 6.96. The first kappa shape index (κ1) is 23.9. The average molecular weight is 476 g/mol. The molecule has 2 aromatic rings. The van der Waals surface area contributed by atoms with Crippen LogP contribution in [0.25, 0.3) is 0 Å². The molecule has 8 nitrogen and oxygen atoms in total. The average Bonchev–Trinajstić information content (AvgIpc) is 2.89. The van der Waals surface area contributed by atoms with Gasteiger partial charge in [0.25, 0.3) is 16.1 Å². The molecule has 0 spiro atoms. The summed E-state index contributed by atoms with van der Waals surface area (Å²) < 4.78 is 89.7. The summed E-state index contributed by atoms with van der Waals surface area (Å²) in [7, 11) is -3.27. The number of aryl methyl sites for hydroxylation is 1. The van der Waals surface area contributed by atoms with Crippen LogP contribution in [0, 0.1) is 11.6 Å². The van der Waals surface area contributed by atoms with Crippen LogP contribution in [0.2, 0.25) is 5.02 Å². The number of alkyl halides is 3. The van der Waals surface area contributed by atoms with Crippen molar-refractivity contribution in [1.29, 1.82) is 0 Å². The van der Waals surface area contributed by atoms with E-state index in [0.29, 0.717) is 6.92 Å². The number of aromatic nitrogens is 1. The normalized spacial score (nSPS) is 13.2. The fourth-order valence-corrected chi connectivity index (χ4v) is 3.38. The van der Waals surface area contributed by atoms with Crippen molar-refractivity contribution >= 4 is 39.1 Å². The lowest BCUT2D eigenvalue weighted by Gasteiger charge is -2.17. The van der Waals surface area contributed by atoms with Crippen molar-refractivity contribution in [3.05, 3.63) is 46.7 Å². The number of anilines is 2. The Morgan fingerprint density at radius 3 is 2.40 bits per heavy atom. The highest BCUT2D eigenvalue weighted by molar-refractivity contribution is 7.87. The second kappa shape index (κ2) is 8.75. The van der Waals surface area contributed by atoms with Crippen molar-refractivity contribution in [3.63, 3.8) is 0 Å². The molecule has 0 saturated carbocycles. The van der Waals surface area contributed by atoms with Crippen LogP contribution in [-0.2, 0) is 17.3 Å². The Labute approximate surface area is 172 Å². The van der Waals surface area contributed by atoms with Gasteiger partial charge in [-0.3, -0.25) is 4.79 Å². The Hall–Kier alpha value is -2.42. The van der Waals surface area contributed by atoms with Gasteiger partial charge >= 0.3 is 6.18 Å². The molecule has 0 bridgehead atoms. The van der Waals surface area contributed by atoms with E-state index < -0.39 is 40.0 Å². The quantitative estimate of drug-likeness (QED) is 0.365. The molecule has 30 heavy (non-hydrogen) atoms. The van der Waals surface area contributed by atoms with Gasteiger partial charge in [0.1, 0.15) is 11.7 Å². The Bertz CT molecular complexity index is 1060. The molecule has 1 unspecified atom stereocenters. The third kappa shape index (κ3) is 5.81. The van der Waals surface area contributed by atoms with Crippen molar-refractivity contribution in [2.24, 2.45) is 7.05 Å². The minimum absolute atomic E-state index is 0.0725. The van der Waals surface area contributed by atoms with E-state index in [1.165, 1.54) is 22.5 Å². The summed E-state index contributed by atoms with van der Waals surface area (Å²) in [6, 6.07) is 0.285. The van der Waals surface area contributed by atoms with Crippen LogP contribution in [0.3, 0.4) is 0 Å². The first-order chi connectivity index (χ1) is 13.7. The lowest BCUT2D eigenvalue weighted by molar-refractivity contribution is -0.147. The minimum Gasteiger partial charge on any atom is -0.343 e. The number of rotatable bonds is 7. The van der Waals surface area contributed by atoms with Gasteiger partial charge in [-0.05, 0) is 19.1 Å². The molecular weight excluding hydrogens is 461 g/mol. The molecule has 1 aromatic carbocycles. The number of benzene rings is 1. The zero-order valence-electron chi connectivity index (χ0n) is 15.2. The van der Waals surface area contributed by atoms with E-state index in [9.17, 15) is 35.2 Å². The van der Waals surface area contributed by atoms with Crippen molar-refractivity contribution in [2.45, 2.75) is 19.1 Å². The summed E-state index contributed by atoms with van der Waals surface area (Å²) in [5.74, 6) is -3.14. The van der Waals surface area contributed by atoms with Crippen LogP contribution in [0.5, 0.6) is 0 Å². The Balaban J connectivity index is 2.13. The molecule has 0 radical (unpaired) electrons. The van der Waals surface area contributed by atoms with Gasteiger partial charge in [0, 0.05) is 25.0 Å². The largest absolute Gasteiger partial charge is 0.404 e. The molecule has 1 amide bonds. The van der Waals surface area contributed by atoms with Gasteiger partial charge in [-0.1, -0.05) is 11.6 Å². The van der Waals surface area contributed by atoms with E-state index in [4.69, 9.17) is 11.6 Å². The van der Waals surface area contributed by atoms with Crippen molar-refractivity contribution in [1.82, 2.24) is 14.1 Å². The second-order valence-electron chi connectivity index (χ2n) is 6.01. The van der Waals surface area contributed by atoms with Crippen molar-refractivity contribution < 1.29 is 35.2 Å². The Morgan fingerprint density at radius 1 is 1.20 bits per heavy atom. The van der Waals surface area contributed by atoms with Gasteiger partial charge in [0.2, 0.25) is 0 Å². The maximum Gasteiger partial charge on any atom is 0.404 e. The molecule has 1 heterocycles. The highest BCUT2D eigenvalue weighted by atomic mass is 35.5. The fraction of sp³-hybridized carbons (Fsp3) is 0.267. The van der Waals surface area contributed by atoms with Crippen molar-refractivity contribution in [3.8, 4) is 0 Å². The van der Waals surface area contributed by atoms with Crippen LogP contribution < -0.4 is 20.3 Å². The van der Waals surface area contributed by atoms with Crippen LogP contribution >= 0.6 is 11.6 Å². The van der Waals surface area contributed by atoms with Gasteiger partial charge in [-0.2, -0.15) is 26.3 Å². The summed E-state index contributed by atoms with van der Waals surface area (Å²) in [6.07, 6.45) is -3.62. The van der Waals surface area contributed by atoms with Gasteiger partial charge in [-0.25, -0.2) is 8.78 Å². The Morgan fingerprint density at radius 2 is 1.83 bits per heavy atom. The number of nitrogens with one attached hydrogen (secondary N) is 4. The zero-order chi connectivity index (χ0) is 22.9. The number of hydrazine groups is 1. The monoisotopic (exact) mass is 475 g/mol. The van der Waals surface area contributed by atoms with E-state index in [-0.39, 0.29) is 22.1 Å². The summed E-state index contributed by atoms with van der Waals surface area (Å²) in [4.78, 5) is 14.0. The number of halogens is 6. The highest BCUT2D eigenvalue weighted by Crippen LogP contribution is 2.28. The number of carbonyl (C=O) groups excluding carboxylic acids is 1. The smallest absolute Gasteiger partial charge is 0.343 e. The molecule has 0 saturated heterocycles. The molecule has 166 valence electrons. The zero-order valence-corrected chi connectivity index (χ0v) is 16.8. The molecular formula is C15H15ClF5N5O3S. The van der Waals surface area contributed by atoms with E-state index in [1.807, 2.05) is 0 Å². The lowest BCUT2D eigenvalue weighted by atomic mass is 10.3. The maximum atomic E-state index is 13.3. The van der Waals surface area contributed by atoms with Crippen LogP contribution in [0.1, 0.15) is 17.4 Å². The topological polar surface area (TPSA) is 104 Å². The molecule has 1 aromatic heterocycles. The van der Waals surface area contributed by atoms with E-state index in [0.717, 1.165) is 18.2 Å². The predicted octanol–water partition coefficient (Wildman–Crippen LogP) is 2.91. The van der Waals surface area contributed by atoms with Crippen LogP contribution in [0.15, 0.2) is 24.4 Å². The lowest BCUT2D eigenvalue weighted by Crippen LogP contribution is -2.49. The van der Waals surface area contributed by atoms with Gasteiger partial charge in [-0.15, -0.1) is 4.83 Å². The van der Waals surface area contributed by atoms with Crippen LogP contribution in [0.4, 0.5) is 33.3 Å². The summed E-state index contributed by atoms with van der Waals surface area (Å²) in [6.45, 7) is 0.607. The molecule has 0 fully saturated rings. The molecule has 0 aliphatic rings. The second-order valence-corrected chi connectivity index (χ2v) is 7.84. The number of nitrogens with zero attached hydrogens (tertiary/aromatic N) is 1. The molecule has 0 aliphatic carbocycles. The molecule has 1 atom stereocenters. The van der Waals surface area contributed by atoms with E-state index >= 15 is 0 Å². The first-order valence-corrected chi connectivity index (χ1v) is 9.80. The number of amides is 1. The highest BCUT2D eigenvalue weighted by Gasteiger charge is 2.38. The molecule has 0 aliphatic heterocycles. The summed E-state index contributed by atoms with van der Waals surface area (Å²) in [5, 5.41) is 1.99. The maximum absolute atomic E-state index is 13.3. The first-order valence-electron chi connectivity index (χ1n) is 7.94. The molecule has 2 rings (SSSR count). The van der Waals surface area contributed by atoms with Crippen LogP contribution in [-0.4, -0.2) is 31.1 Å². The summed E-state index contributed by atoms with van der Waals surface area (Å²) in [5.41, 5.74) is 1.68. The van der Waals surface area contributed by atoms with E-state index in [1.54, 1.807) is 4.83 Å². The number of hydrogen-bond acceptors (Lipinski definition) is 4. The van der Waals surface area contributed by atoms with Crippen molar-refractivity contribution in [2.75, 3.05) is 10.7 Å². The summed E-state index contributed by atoms with van der Waals surface area (Å²) >= 11 is 6.04.